The Morgan fingerprint density at radius 1 is 1.41 bits per heavy atom. The Bertz CT molecular complexity index is 384. The standard InChI is InChI=1S/C13H17NO3/c1-13-14(7-8-16-13)9-12(17-13)10-15-11-5-3-2-4-6-11/h2-6,12H,7-10H2,1H3/t12-,13-/m1/s1. The van der Waals surface area contributed by atoms with Crippen molar-refractivity contribution in [1.29, 1.82) is 0 Å². The van der Waals surface area contributed by atoms with E-state index in [2.05, 4.69) is 4.90 Å². The summed E-state index contributed by atoms with van der Waals surface area (Å²) in [5, 5.41) is 0. The first kappa shape index (κ1) is 11.0. The van der Waals surface area contributed by atoms with Gasteiger partial charge in [-0.2, -0.15) is 0 Å². The fraction of sp³-hybridized carbons (Fsp3) is 0.538. The van der Waals surface area contributed by atoms with Crippen LogP contribution in [0.3, 0.4) is 0 Å². The minimum atomic E-state index is -0.523. The molecule has 2 aliphatic heterocycles. The molecule has 2 atom stereocenters. The zero-order chi connectivity index (χ0) is 11.7. The highest BCUT2D eigenvalue weighted by Gasteiger charge is 2.47. The highest BCUT2D eigenvalue weighted by atomic mass is 16.7. The predicted molar refractivity (Wildman–Crippen MR) is 62.7 cm³/mol. The van der Waals surface area contributed by atoms with E-state index in [9.17, 15) is 0 Å². The van der Waals surface area contributed by atoms with Crippen LogP contribution in [0.4, 0.5) is 0 Å². The third-order valence-corrected chi connectivity index (χ3v) is 3.29. The molecule has 0 unspecified atom stereocenters. The molecule has 2 aliphatic rings. The lowest BCUT2D eigenvalue weighted by atomic mass is 10.3. The van der Waals surface area contributed by atoms with Crippen LogP contribution < -0.4 is 4.74 Å². The van der Waals surface area contributed by atoms with Crippen molar-refractivity contribution >= 4 is 0 Å². The molecule has 0 saturated carbocycles. The molecule has 0 radical (unpaired) electrons. The quantitative estimate of drug-likeness (QED) is 0.794. The molecule has 0 bridgehead atoms. The number of hydrogen-bond donors (Lipinski definition) is 0. The lowest BCUT2D eigenvalue weighted by molar-refractivity contribution is -0.233. The van der Waals surface area contributed by atoms with E-state index in [0.29, 0.717) is 6.61 Å². The summed E-state index contributed by atoms with van der Waals surface area (Å²) in [5.74, 6) is 0.360. The van der Waals surface area contributed by atoms with E-state index in [1.807, 2.05) is 37.3 Å². The Kier molecular flexibility index (Phi) is 2.78. The Morgan fingerprint density at radius 3 is 3.00 bits per heavy atom. The van der Waals surface area contributed by atoms with Gasteiger partial charge in [0.1, 0.15) is 18.5 Å². The Balaban J connectivity index is 1.55. The molecule has 1 aromatic carbocycles. The van der Waals surface area contributed by atoms with E-state index in [0.717, 1.165) is 25.4 Å². The highest BCUT2D eigenvalue weighted by Crippen LogP contribution is 2.32. The topological polar surface area (TPSA) is 30.9 Å². The van der Waals surface area contributed by atoms with E-state index in [1.54, 1.807) is 0 Å². The summed E-state index contributed by atoms with van der Waals surface area (Å²) in [6.45, 7) is 5.12. The monoisotopic (exact) mass is 235 g/mol. The summed E-state index contributed by atoms with van der Waals surface area (Å²) in [6.07, 6.45) is 0.0838. The Hall–Kier alpha value is -1.10. The maximum atomic E-state index is 5.87. The minimum Gasteiger partial charge on any atom is -0.491 e. The molecule has 0 amide bonds. The minimum absolute atomic E-state index is 0.0838. The van der Waals surface area contributed by atoms with Crippen LogP contribution in [0.5, 0.6) is 5.75 Å². The molecule has 1 aromatic rings. The van der Waals surface area contributed by atoms with Crippen LogP contribution in [0, 0.1) is 0 Å². The molecule has 0 spiro atoms. The summed E-state index contributed by atoms with van der Waals surface area (Å²) < 4.78 is 17.2. The first-order valence-electron chi connectivity index (χ1n) is 6.01. The van der Waals surface area contributed by atoms with Crippen LogP contribution in [0.15, 0.2) is 30.3 Å². The Labute approximate surface area is 101 Å². The molecule has 92 valence electrons. The predicted octanol–water partition coefficient (Wildman–Crippen LogP) is 1.47. The maximum Gasteiger partial charge on any atom is 0.227 e. The summed E-state index contributed by atoms with van der Waals surface area (Å²) >= 11 is 0. The van der Waals surface area contributed by atoms with Crippen LogP contribution in [-0.2, 0) is 9.47 Å². The van der Waals surface area contributed by atoms with Crippen molar-refractivity contribution in [2.24, 2.45) is 0 Å². The smallest absolute Gasteiger partial charge is 0.227 e. The van der Waals surface area contributed by atoms with E-state index < -0.39 is 5.91 Å². The molecule has 2 saturated heterocycles. The van der Waals surface area contributed by atoms with Gasteiger partial charge in [0, 0.05) is 20.0 Å². The van der Waals surface area contributed by atoms with Crippen molar-refractivity contribution in [3.63, 3.8) is 0 Å². The van der Waals surface area contributed by atoms with Crippen LogP contribution in [0.25, 0.3) is 0 Å². The van der Waals surface area contributed by atoms with Crippen molar-refractivity contribution in [2.75, 3.05) is 26.3 Å². The summed E-state index contributed by atoms with van der Waals surface area (Å²) in [5.41, 5.74) is 0. The normalized spacial score (nSPS) is 32.6. The van der Waals surface area contributed by atoms with E-state index in [4.69, 9.17) is 14.2 Å². The lowest BCUT2D eigenvalue weighted by Gasteiger charge is -2.23. The second-order valence-electron chi connectivity index (χ2n) is 4.56. The Morgan fingerprint density at radius 2 is 2.24 bits per heavy atom. The molecule has 17 heavy (non-hydrogen) atoms. The van der Waals surface area contributed by atoms with Gasteiger partial charge in [0.15, 0.2) is 0 Å². The van der Waals surface area contributed by atoms with Gasteiger partial charge in [0.05, 0.1) is 6.61 Å². The van der Waals surface area contributed by atoms with E-state index in [-0.39, 0.29) is 6.10 Å². The first-order valence-corrected chi connectivity index (χ1v) is 6.01. The van der Waals surface area contributed by atoms with Gasteiger partial charge in [-0.3, -0.25) is 0 Å². The zero-order valence-corrected chi connectivity index (χ0v) is 9.96. The van der Waals surface area contributed by atoms with Crippen molar-refractivity contribution < 1.29 is 14.2 Å². The third-order valence-electron chi connectivity index (χ3n) is 3.29. The zero-order valence-electron chi connectivity index (χ0n) is 9.96. The van der Waals surface area contributed by atoms with Gasteiger partial charge >= 0.3 is 0 Å². The van der Waals surface area contributed by atoms with E-state index in [1.165, 1.54) is 0 Å². The summed E-state index contributed by atoms with van der Waals surface area (Å²) in [4.78, 5) is 2.21. The van der Waals surface area contributed by atoms with Crippen LogP contribution in [-0.4, -0.2) is 43.2 Å². The van der Waals surface area contributed by atoms with Crippen LogP contribution in [0.2, 0.25) is 0 Å². The second kappa shape index (κ2) is 4.29. The number of benzene rings is 1. The van der Waals surface area contributed by atoms with Gasteiger partial charge in [-0.25, -0.2) is 4.90 Å². The highest BCUT2D eigenvalue weighted by molar-refractivity contribution is 5.20. The number of para-hydroxylation sites is 1. The van der Waals surface area contributed by atoms with Crippen molar-refractivity contribution in [2.45, 2.75) is 18.9 Å². The van der Waals surface area contributed by atoms with Crippen molar-refractivity contribution in [1.82, 2.24) is 4.90 Å². The van der Waals surface area contributed by atoms with Crippen LogP contribution >= 0.6 is 0 Å². The third kappa shape index (κ3) is 2.16. The van der Waals surface area contributed by atoms with Crippen molar-refractivity contribution in [3.05, 3.63) is 30.3 Å². The molecular weight excluding hydrogens is 218 g/mol. The molecular formula is C13H17NO3. The first-order chi connectivity index (χ1) is 8.26. The van der Waals surface area contributed by atoms with Gasteiger partial charge in [-0.1, -0.05) is 18.2 Å². The number of fused-ring (bicyclic) bond motifs is 1. The average molecular weight is 235 g/mol. The molecule has 2 heterocycles. The number of ether oxygens (including phenoxy) is 3. The van der Waals surface area contributed by atoms with Crippen molar-refractivity contribution in [3.8, 4) is 5.75 Å². The fourth-order valence-electron chi connectivity index (χ4n) is 2.39. The number of hydrogen-bond acceptors (Lipinski definition) is 4. The molecule has 4 heteroatoms. The maximum absolute atomic E-state index is 5.87. The molecule has 3 rings (SSSR count). The van der Waals surface area contributed by atoms with Gasteiger partial charge < -0.3 is 14.2 Å². The number of rotatable bonds is 3. The van der Waals surface area contributed by atoms with Gasteiger partial charge in [-0.15, -0.1) is 0 Å². The van der Waals surface area contributed by atoms with Gasteiger partial charge in [0.25, 0.3) is 0 Å². The van der Waals surface area contributed by atoms with Gasteiger partial charge in [0.2, 0.25) is 5.91 Å². The lowest BCUT2D eigenvalue weighted by Crippen LogP contribution is -2.37. The van der Waals surface area contributed by atoms with Crippen LogP contribution in [0.1, 0.15) is 6.92 Å². The molecule has 0 aromatic heterocycles. The average Bonchev–Trinajstić information content (AvgIpc) is 2.82. The molecule has 4 nitrogen and oxygen atoms in total. The van der Waals surface area contributed by atoms with E-state index >= 15 is 0 Å². The molecule has 0 aliphatic carbocycles. The largest absolute Gasteiger partial charge is 0.491 e. The van der Waals surface area contributed by atoms with Gasteiger partial charge in [-0.05, 0) is 12.1 Å². The SMILES string of the molecule is C[C@]12OCCN1C[C@H](COc1ccccc1)O2. The summed E-state index contributed by atoms with van der Waals surface area (Å²) in [7, 11) is 0. The molecule has 2 fully saturated rings. The fourth-order valence-corrected chi connectivity index (χ4v) is 2.39. The number of nitrogens with zero attached hydrogens (tertiary/aromatic N) is 1. The molecule has 0 N–H and O–H groups in total. The summed E-state index contributed by atoms with van der Waals surface area (Å²) in [6, 6.07) is 9.81. The second-order valence-corrected chi connectivity index (χ2v) is 4.56.